The van der Waals surface area contributed by atoms with Crippen molar-refractivity contribution in [2.75, 3.05) is 27.1 Å². The molecule has 5 rings (SSSR count). The van der Waals surface area contributed by atoms with Gasteiger partial charge in [0.15, 0.2) is 11.5 Å². The van der Waals surface area contributed by atoms with Gasteiger partial charge in [0.1, 0.15) is 0 Å². The maximum absolute atomic E-state index is 13.2. The van der Waals surface area contributed by atoms with E-state index in [0.717, 1.165) is 21.8 Å². The zero-order chi connectivity index (χ0) is 23.7. The quantitative estimate of drug-likeness (QED) is 0.293. The van der Waals surface area contributed by atoms with Gasteiger partial charge in [0.05, 0.1) is 38.1 Å². The molecule has 0 radical (unpaired) electrons. The molecule has 0 aliphatic carbocycles. The van der Waals surface area contributed by atoms with Crippen LogP contribution in [0.4, 0.5) is 0 Å². The van der Waals surface area contributed by atoms with E-state index in [1.54, 1.807) is 16.7 Å². The monoisotopic (exact) mass is 475 g/mol. The summed E-state index contributed by atoms with van der Waals surface area (Å²) in [6.07, 6.45) is 0. The predicted molar refractivity (Wildman–Crippen MR) is 130 cm³/mol. The van der Waals surface area contributed by atoms with E-state index >= 15 is 0 Å². The minimum absolute atomic E-state index is 0.0741. The molecule has 0 atom stereocenters. The second-order valence-electron chi connectivity index (χ2n) is 7.34. The predicted octanol–water partition coefficient (Wildman–Crippen LogP) is 5.30. The lowest BCUT2D eigenvalue weighted by atomic mass is 10.2. The molecule has 0 saturated carbocycles. The van der Waals surface area contributed by atoms with Crippen molar-refractivity contribution in [2.24, 2.45) is 0 Å². The van der Waals surface area contributed by atoms with Crippen molar-refractivity contribution in [1.82, 2.24) is 14.8 Å². The lowest BCUT2D eigenvalue weighted by Crippen LogP contribution is -2.12. The number of carbonyl (C=O) groups excluding carboxylic acids is 1. The molecule has 0 saturated heterocycles. The van der Waals surface area contributed by atoms with Crippen LogP contribution in [0.5, 0.6) is 17.2 Å². The van der Waals surface area contributed by atoms with Gasteiger partial charge in [0.2, 0.25) is 17.5 Å². The van der Waals surface area contributed by atoms with Crippen LogP contribution in [-0.2, 0) is 0 Å². The second kappa shape index (κ2) is 9.11. The first-order valence-electron chi connectivity index (χ1n) is 10.4. The lowest BCUT2D eigenvalue weighted by Gasteiger charge is -2.12. The Labute approximate surface area is 199 Å². The fourth-order valence-electron chi connectivity index (χ4n) is 3.97. The Bertz CT molecular complexity index is 1430. The molecule has 0 bridgehead atoms. The van der Waals surface area contributed by atoms with Gasteiger partial charge in [-0.1, -0.05) is 48.2 Å². The van der Waals surface area contributed by atoms with E-state index in [2.05, 4.69) is 10.2 Å². The van der Waals surface area contributed by atoms with Crippen LogP contribution >= 0.6 is 11.8 Å². The molecule has 9 heteroatoms. The average molecular weight is 476 g/mol. The van der Waals surface area contributed by atoms with Crippen molar-refractivity contribution in [3.05, 3.63) is 60.7 Å². The Morgan fingerprint density at radius 2 is 1.47 bits per heavy atom. The van der Waals surface area contributed by atoms with Gasteiger partial charge in [-0.3, -0.25) is 9.36 Å². The standard InChI is InChI=1S/C25H21N3O5S/c1-30-20-12-15(13-21(31-2)23(20)32-3)24-26-27-25(33-24)34-14-22(29)28-18-10-6-4-8-16(18)17-9-5-7-11-19(17)28/h4-13H,14H2,1-3H3. The summed E-state index contributed by atoms with van der Waals surface area (Å²) in [5.41, 5.74) is 2.36. The summed E-state index contributed by atoms with van der Waals surface area (Å²) in [4.78, 5) is 13.2. The molecule has 0 fully saturated rings. The van der Waals surface area contributed by atoms with E-state index in [0.29, 0.717) is 22.8 Å². The summed E-state index contributed by atoms with van der Waals surface area (Å²) in [5, 5.41) is 10.6. The summed E-state index contributed by atoms with van der Waals surface area (Å²) < 4.78 is 23.7. The minimum atomic E-state index is -0.0741. The highest BCUT2D eigenvalue weighted by Crippen LogP contribution is 2.41. The molecule has 0 unspecified atom stereocenters. The number of hydrogen-bond donors (Lipinski definition) is 0. The first-order valence-corrected chi connectivity index (χ1v) is 11.4. The van der Waals surface area contributed by atoms with Gasteiger partial charge in [-0.2, -0.15) is 0 Å². The third-order valence-corrected chi connectivity index (χ3v) is 6.27. The summed E-state index contributed by atoms with van der Waals surface area (Å²) in [6.45, 7) is 0. The average Bonchev–Trinajstić information content (AvgIpc) is 3.49. The molecule has 0 amide bonds. The van der Waals surface area contributed by atoms with E-state index in [1.807, 2.05) is 48.5 Å². The van der Waals surface area contributed by atoms with Crippen molar-refractivity contribution in [1.29, 1.82) is 0 Å². The molecule has 0 N–H and O–H groups in total. The fourth-order valence-corrected chi connectivity index (χ4v) is 4.58. The largest absolute Gasteiger partial charge is 0.493 e. The number of carbonyl (C=O) groups is 1. The highest BCUT2D eigenvalue weighted by atomic mass is 32.2. The SMILES string of the molecule is COc1cc(-c2nnc(SCC(=O)n3c4ccccc4c4ccccc43)o2)cc(OC)c1OC. The normalized spacial score (nSPS) is 11.1. The molecule has 2 heterocycles. The van der Waals surface area contributed by atoms with Crippen LogP contribution in [0.1, 0.15) is 4.79 Å². The van der Waals surface area contributed by atoms with E-state index in [1.165, 1.54) is 33.1 Å². The van der Waals surface area contributed by atoms with Crippen molar-refractivity contribution < 1.29 is 23.4 Å². The summed E-state index contributed by atoms with van der Waals surface area (Å²) in [6, 6.07) is 19.2. The number of aromatic nitrogens is 3. The van der Waals surface area contributed by atoms with E-state index in [4.69, 9.17) is 18.6 Å². The third kappa shape index (κ3) is 3.73. The number of fused-ring (bicyclic) bond motifs is 3. The lowest BCUT2D eigenvalue weighted by molar-refractivity contribution is 0.0951. The fraction of sp³-hybridized carbons (Fsp3) is 0.160. The number of thioether (sulfide) groups is 1. The number of methoxy groups -OCH3 is 3. The van der Waals surface area contributed by atoms with Crippen molar-refractivity contribution in [2.45, 2.75) is 5.22 Å². The number of ether oxygens (including phenoxy) is 3. The van der Waals surface area contributed by atoms with Crippen LogP contribution in [-0.4, -0.2) is 47.8 Å². The summed E-state index contributed by atoms with van der Waals surface area (Å²) in [7, 11) is 4.61. The number of hydrogen-bond acceptors (Lipinski definition) is 8. The molecule has 5 aromatic rings. The summed E-state index contributed by atoms with van der Waals surface area (Å²) in [5.74, 6) is 1.77. The number of nitrogens with zero attached hydrogens (tertiary/aromatic N) is 3. The van der Waals surface area contributed by atoms with Gasteiger partial charge in [0, 0.05) is 16.3 Å². The Morgan fingerprint density at radius 3 is 2.03 bits per heavy atom. The first-order chi connectivity index (χ1) is 16.6. The van der Waals surface area contributed by atoms with Crippen LogP contribution in [0.3, 0.4) is 0 Å². The maximum atomic E-state index is 13.2. The number of rotatable bonds is 7. The molecule has 0 spiro atoms. The molecular weight excluding hydrogens is 454 g/mol. The Hall–Kier alpha value is -3.98. The highest BCUT2D eigenvalue weighted by Gasteiger charge is 2.20. The van der Waals surface area contributed by atoms with Crippen LogP contribution in [0.2, 0.25) is 0 Å². The maximum Gasteiger partial charge on any atom is 0.277 e. The van der Waals surface area contributed by atoms with E-state index < -0.39 is 0 Å². The van der Waals surface area contributed by atoms with Crippen molar-refractivity contribution in [3.63, 3.8) is 0 Å². The molecule has 172 valence electrons. The van der Waals surface area contributed by atoms with Crippen molar-refractivity contribution in [3.8, 4) is 28.7 Å². The van der Waals surface area contributed by atoms with Crippen LogP contribution in [0, 0.1) is 0 Å². The topological polar surface area (TPSA) is 88.6 Å². The number of benzene rings is 3. The van der Waals surface area contributed by atoms with Crippen LogP contribution in [0.25, 0.3) is 33.3 Å². The molecule has 3 aromatic carbocycles. The Balaban J connectivity index is 1.40. The molecule has 0 aliphatic heterocycles. The van der Waals surface area contributed by atoms with Gasteiger partial charge in [-0.05, 0) is 24.3 Å². The molecule has 8 nitrogen and oxygen atoms in total. The highest BCUT2D eigenvalue weighted by molar-refractivity contribution is 7.99. The zero-order valence-electron chi connectivity index (χ0n) is 18.8. The van der Waals surface area contributed by atoms with Gasteiger partial charge < -0.3 is 18.6 Å². The van der Waals surface area contributed by atoms with E-state index in [-0.39, 0.29) is 22.8 Å². The molecule has 34 heavy (non-hydrogen) atoms. The van der Waals surface area contributed by atoms with Crippen LogP contribution in [0.15, 0.2) is 70.3 Å². The zero-order valence-corrected chi connectivity index (χ0v) is 19.6. The third-order valence-electron chi connectivity index (χ3n) is 5.47. The molecule has 0 aliphatic rings. The number of para-hydroxylation sites is 2. The van der Waals surface area contributed by atoms with Gasteiger partial charge in [-0.25, -0.2) is 0 Å². The Kier molecular flexibility index (Phi) is 5.85. The van der Waals surface area contributed by atoms with Crippen molar-refractivity contribution >= 4 is 39.5 Å². The first kappa shape index (κ1) is 21.8. The van der Waals surface area contributed by atoms with Gasteiger partial charge >= 0.3 is 0 Å². The van der Waals surface area contributed by atoms with E-state index in [9.17, 15) is 4.79 Å². The van der Waals surface area contributed by atoms with Gasteiger partial charge in [0.25, 0.3) is 5.22 Å². The smallest absolute Gasteiger partial charge is 0.277 e. The Morgan fingerprint density at radius 1 is 0.882 bits per heavy atom. The molecule has 2 aromatic heterocycles. The summed E-state index contributed by atoms with van der Waals surface area (Å²) >= 11 is 1.19. The molecular formula is C25H21N3O5S. The second-order valence-corrected chi connectivity index (χ2v) is 8.27. The minimum Gasteiger partial charge on any atom is -0.493 e. The van der Waals surface area contributed by atoms with Gasteiger partial charge in [-0.15, -0.1) is 10.2 Å². The van der Waals surface area contributed by atoms with Crippen LogP contribution < -0.4 is 14.2 Å².